The van der Waals surface area contributed by atoms with Gasteiger partial charge in [0.15, 0.2) is 5.82 Å². The van der Waals surface area contributed by atoms with Gasteiger partial charge in [0.1, 0.15) is 17.0 Å². The maximum Gasteiger partial charge on any atom is 0.226 e. The molecule has 1 amide bonds. The van der Waals surface area contributed by atoms with Crippen LogP contribution in [0.1, 0.15) is 13.8 Å². The van der Waals surface area contributed by atoms with E-state index in [2.05, 4.69) is 45.7 Å². The summed E-state index contributed by atoms with van der Waals surface area (Å²) in [6.07, 6.45) is 6.67. The average Bonchev–Trinajstić information content (AvgIpc) is 3.60. The van der Waals surface area contributed by atoms with Gasteiger partial charge in [-0.15, -0.1) is 0 Å². The normalized spacial score (nSPS) is 11.6. The monoisotopic (exact) mass is 578 g/mol. The molecule has 5 aromatic heterocycles. The minimum absolute atomic E-state index is 0.0896. The van der Waals surface area contributed by atoms with Gasteiger partial charge in [0, 0.05) is 53.6 Å². The number of nitrogens with zero attached hydrogens (tertiary/aromatic N) is 6. The number of nitrogens with one attached hydrogen (secondary N) is 4. The molecule has 43 heavy (non-hydrogen) atoms. The van der Waals surface area contributed by atoms with Crippen LogP contribution in [0.25, 0.3) is 56.0 Å². The van der Waals surface area contributed by atoms with E-state index in [1.165, 1.54) is 12.1 Å². The Bertz CT molecular complexity index is 1940. The zero-order valence-corrected chi connectivity index (χ0v) is 24.2. The van der Waals surface area contributed by atoms with Gasteiger partial charge in [0.05, 0.1) is 40.5 Å². The van der Waals surface area contributed by atoms with Crippen molar-refractivity contribution in [3.63, 3.8) is 0 Å². The molecule has 0 unspecified atom stereocenters. The van der Waals surface area contributed by atoms with E-state index in [1.807, 2.05) is 52.2 Å². The number of H-pyrrole nitrogens is 2. The van der Waals surface area contributed by atoms with Crippen LogP contribution in [0.3, 0.4) is 0 Å². The van der Waals surface area contributed by atoms with Crippen LogP contribution in [0.4, 0.5) is 15.8 Å². The van der Waals surface area contributed by atoms with E-state index in [9.17, 15) is 9.18 Å². The quantitative estimate of drug-likeness (QED) is 0.180. The molecule has 0 fully saturated rings. The fourth-order valence-corrected chi connectivity index (χ4v) is 4.70. The lowest BCUT2D eigenvalue weighted by atomic mass is 10.1. The second kappa shape index (κ2) is 11.6. The van der Waals surface area contributed by atoms with Crippen LogP contribution in [0.5, 0.6) is 0 Å². The average molecular weight is 579 g/mol. The number of hydrogen-bond acceptors (Lipinski definition) is 8. The van der Waals surface area contributed by atoms with Gasteiger partial charge in [0.25, 0.3) is 0 Å². The van der Waals surface area contributed by atoms with Crippen molar-refractivity contribution >= 4 is 39.2 Å². The molecule has 0 spiro atoms. The highest BCUT2D eigenvalue weighted by Crippen LogP contribution is 2.33. The molecule has 0 radical (unpaired) electrons. The molecule has 4 N–H and O–H groups in total. The molecule has 218 valence electrons. The van der Waals surface area contributed by atoms with Crippen molar-refractivity contribution in [2.75, 3.05) is 37.8 Å². The van der Waals surface area contributed by atoms with Crippen LogP contribution in [-0.2, 0) is 4.79 Å². The molecule has 11 nitrogen and oxygen atoms in total. The number of aromatic nitrogens is 7. The number of fused-ring (bicyclic) bond motifs is 2. The predicted molar refractivity (Wildman–Crippen MR) is 166 cm³/mol. The lowest BCUT2D eigenvalue weighted by Crippen LogP contribution is -2.20. The van der Waals surface area contributed by atoms with E-state index >= 15 is 0 Å². The minimum atomic E-state index is -0.361. The van der Waals surface area contributed by atoms with Crippen molar-refractivity contribution in [1.82, 2.24) is 40.0 Å². The third-order valence-corrected chi connectivity index (χ3v) is 6.96. The first-order valence-electron chi connectivity index (χ1n) is 13.9. The van der Waals surface area contributed by atoms with Gasteiger partial charge in [-0.1, -0.05) is 13.8 Å². The van der Waals surface area contributed by atoms with E-state index in [-0.39, 0.29) is 17.6 Å². The van der Waals surface area contributed by atoms with Crippen molar-refractivity contribution in [1.29, 1.82) is 0 Å². The van der Waals surface area contributed by atoms with Gasteiger partial charge >= 0.3 is 0 Å². The zero-order chi connectivity index (χ0) is 30.1. The molecule has 0 atom stereocenters. The Balaban J connectivity index is 1.36. The predicted octanol–water partition coefficient (Wildman–Crippen LogP) is 5.33. The SMILES string of the molecule is CC(C)C(=O)Nc1cncc(-c2cc3c(-c4nc5c(-c6cc(F)cc(NCCN(C)C)c6)nccc5[nH]4)n[nH]c3cn2)c1. The molecule has 0 aliphatic rings. The second-order valence-corrected chi connectivity index (χ2v) is 10.9. The zero-order valence-electron chi connectivity index (χ0n) is 24.2. The summed E-state index contributed by atoms with van der Waals surface area (Å²) in [6, 6.07) is 10.4. The molecule has 0 bridgehead atoms. The summed E-state index contributed by atoms with van der Waals surface area (Å²) in [7, 11) is 3.98. The number of anilines is 2. The Hall–Kier alpha value is -5.23. The first-order chi connectivity index (χ1) is 20.7. The Labute approximate surface area is 247 Å². The first kappa shape index (κ1) is 27.9. The number of rotatable bonds is 9. The van der Waals surface area contributed by atoms with Crippen LogP contribution >= 0.6 is 0 Å². The van der Waals surface area contributed by atoms with Crippen LogP contribution in [0.2, 0.25) is 0 Å². The molecular formula is C31H31FN10O. The number of carbonyl (C=O) groups is 1. The molecular weight excluding hydrogens is 547 g/mol. The lowest BCUT2D eigenvalue weighted by molar-refractivity contribution is -0.118. The Morgan fingerprint density at radius 1 is 0.977 bits per heavy atom. The maximum absolute atomic E-state index is 14.7. The standard InChI is InChI=1S/C31H31FN10O/c1-17(2)31(43)37-22-11-19(14-33-15-22)25-13-23-26(16-36-25)40-41-28(23)30-38-24-5-6-35-27(29(24)39-30)18-9-20(32)12-21(10-18)34-7-8-42(3)4/h5-6,9-17,34H,7-8H2,1-4H3,(H,37,43)(H,38,39)(H,40,41). The number of imidazole rings is 1. The molecule has 6 aromatic rings. The van der Waals surface area contributed by atoms with Gasteiger partial charge in [-0.25, -0.2) is 9.37 Å². The van der Waals surface area contributed by atoms with Crippen molar-refractivity contribution in [2.45, 2.75) is 13.8 Å². The smallest absolute Gasteiger partial charge is 0.226 e. The fraction of sp³-hybridized carbons (Fsp3) is 0.226. The number of carbonyl (C=O) groups excluding carboxylic acids is 1. The van der Waals surface area contributed by atoms with E-state index in [0.717, 1.165) is 28.5 Å². The summed E-state index contributed by atoms with van der Waals surface area (Å²) in [5.41, 5.74) is 6.53. The van der Waals surface area contributed by atoms with E-state index in [4.69, 9.17) is 4.98 Å². The Kier molecular flexibility index (Phi) is 7.51. The largest absolute Gasteiger partial charge is 0.384 e. The number of likely N-dealkylation sites (N-methyl/N-ethyl adjacent to an activating group) is 1. The highest BCUT2D eigenvalue weighted by atomic mass is 19.1. The summed E-state index contributed by atoms with van der Waals surface area (Å²) >= 11 is 0. The third-order valence-electron chi connectivity index (χ3n) is 6.96. The molecule has 6 rings (SSSR count). The van der Waals surface area contributed by atoms with E-state index in [1.54, 1.807) is 24.8 Å². The van der Waals surface area contributed by atoms with Gasteiger partial charge in [0.2, 0.25) is 5.91 Å². The van der Waals surface area contributed by atoms with Crippen LogP contribution in [0.15, 0.2) is 61.2 Å². The minimum Gasteiger partial charge on any atom is -0.384 e. The van der Waals surface area contributed by atoms with Crippen molar-refractivity contribution < 1.29 is 9.18 Å². The maximum atomic E-state index is 14.7. The summed E-state index contributed by atoms with van der Waals surface area (Å²) in [5, 5.41) is 14.5. The highest BCUT2D eigenvalue weighted by Gasteiger charge is 2.18. The molecule has 1 aromatic carbocycles. The summed E-state index contributed by atoms with van der Waals surface area (Å²) < 4.78 is 14.7. The summed E-state index contributed by atoms with van der Waals surface area (Å²) in [6.45, 7) is 5.16. The molecule has 0 aliphatic heterocycles. The molecule has 0 saturated carbocycles. The number of amides is 1. The molecule has 0 saturated heterocycles. The molecule has 12 heteroatoms. The lowest BCUT2D eigenvalue weighted by Gasteiger charge is -2.12. The van der Waals surface area contributed by atoms with Gasteiger partial charge in [-0.05, 0) is 50.5 Å². The van der Waals surface area contributed by atoms with Crippen molar-refractivity contribution in [2.24, 2.45) is 5.92 Å². The number of hydrogen-bond donors (Lipinski definition) is 4. The van der Waals surface area contributed by atoms with Gasteiger partial charge in [-0.2, -0.15) is 5.10 Å². The Morgan fingerprint density at radius 2 is 1.81 bits per heavy atom. The fourth-order valence-electron chi connectivity index (χ4n) is 4.70. The summed E-state index contributed by atoms with van der Waals surface area (Å²) in [5.74, 6) is -0.0725. The number of pyridine rings is 3. The van der Waals surface area contributed by atoms with Crippen molar-refractivity contribution in [3.8, 4) is 34.0 Å². The number of aromatic amines is 2. The Morgan fingerprint density at radius 3 is 2.63 bits per heavy atom. The first-order valence-corrected chi connectivity index (χ1v) is 13.9. The number of benzene rings is 1. The highest BCUT2D eigenvalue weighted by molar-refractivity contribution is 5.97. The molecule has 5 heterocycles. The molecule has 0 aliphatic carbocycles. The van der Waals surface area contributed by atoms with Gasteiger partial charge in [-0.3, -0.25) is 24.8 Å². The van der Waals surface area contributed by atoms with E-state index in [0.29, 0.717) is 51.9 Å². The van der Waals surface area contributed by atoms with E-state index < -0.39 is 0 Å². The van der Waals surface area contributed by atoms with Crippen LogP contribution < -0.4 is 10.6 Å². The topological polar surface area (TPSA) is 140 Å². The summed E-state index contributed by atoms with van der Waals surface area (Å²) in [4.78, 5) is 35.9. The van der Waals surface area contributed by atoms with Crippen molar-refractivity contribution in [3.05, 3.63) is 67.0 Å². The van der Waals surface area contributed by atoms with Gasteiger partial charge < -0.3 is 20.5 Å². The van der Waals surface area contributed by atoms with Crippen LogP contribution in [0, 0.1) is 11.7 Å². The second-order valence-electron chi connectivity index (χ2n) is 10.9. The third kappa shape index (κ3) is 5.90. The number of halogens is 1. The van der Waals surface area contributed by atoms with Crippen LogP contribution in [-0.4, -0.2) is 73.1 Å².